The SMILES string of the molecule is CC[C@H](C)C([C@H]1CC(N2CCC[C@H]2[C@H](OC)[C@@H](C)C(=O)NCCc2cccc3ncccc23)=C(N=O)O1)N(C)C(=O)[C@@H](NC(=O)[C@H](C(C)C)N(C)C)C(C)C. The highest BCUT2D eigenvalue weighted by Crippen LogP contribution is 2.39. The largest absolute Gasteiger partial charge is 0.468 e. The highest BCUT2D eigenvalue weighted by atomic mass is 16.5. The Bertz CT molecular complexity index is 1650. The maximum absolute atomic E-state index is 14.3. The number of likely N-dealkylation sites (tertiary alicyclic amines) is 1. The number of fused-ring (bicyclic) bond motifs is 1. The van der Waals surface area contributed by atoms with Gasteiger partial charge < -0.3 is 29.9 Å². The van der Waals surface area contributed by atoms with Gasteiger partial charge in [-0.1, -0.05) is 73.1 Å². The van der Waals surface area contributed by atoms with Crippen LogP contribution in [0.2, 0.25) is 0 Å². The van der Waals surface area contributed by atoms with Crippen LogP contribution in [-0.4, -0.2) is 115 Å². The van der Waals surface area contributed by atoms with Crippen LogP contribution in [0.3, 0.4) is 0 Å². The smallest absolute Gasteiger partial charge is 0.275 e. The number of methoxy groups -OCH3 is 1. The molecule has 0 spiro atoms. The summed E-state index contributed by atoms with van der Waals surface area (Å²) in [7, 11) is 7.12. The fourth-order valence-corrected chi connectivity index (χ4v) is 8.71. The van der Waals surface area contributed by atoms with Crippen molar-refractivity contribution in [3.05, 3.63) is 58.6 Å². The predicted molar refractivity (Wildman–Crippen MR) is 216 cm³/mol. The number of nitrogens with zero attached hydrogens (tertiary/aromatic N) is 5. The Morgan fingerprint density at radius 1 is 1.04 bits per heavy atom. The first-order chi connectivity index (χ1) is 26.2. The molecule has 1 aromatic heterocycles. The Balaban J connectivity index is 1.48. The topological polar surface area (TPSA) is 146 Å². The van der Waals surface area contributed by atoms with Gasteiger partial charge in [0.25, 0.3) is 5.88 Å². The number of benzene rings is 1. The molecule has 3 amide bonds. The monoisotopic (exact) mass is 763 g/mol. The molecule has 0 bridgehead atoms. The van der Waals surface area contributed by atoms with Crippen LogP contribution in [0.25, 0.3) is 10.9 Å². The van der Waals surface area contributed by atoms with Crippen LogP contribution >= 0.6 is 0 Å². The number of carbonyl (C=O) groups excluding carboxylic acids is 3. The first-order valence-electron chi connectivity index (χ1n) is 20.0. The first kappa shape index (κ1) is 43.6. The van der Waals surface area contributed by atoms with Crippen molar-refractivity contribution in [2.75, 3.05) is 41.3 Å². The van der Waals surface area contributed by atoms with Gasteiger partial charge in [-0.25, -0.2) is 0 Å². The third kappa shape index (κ3) is 10.0. The minimum absolute atomic E-state index is 0.00913. The van der Waals surface area contributed by atoms with Gasteiger partial charge in [0.2, 0.25) is 17.7 Å². The molecule has 2 aromatic rings. The Kier molecular flexibility index (Phi) is 15.6. The number of hydrogen-bond donors (Lipinski definition) is 2. The van der Waals surface area contributed by atoms with Gasteiger partial charge >= 0.3 is 0 Å². The highest BCUT2D eigenvalue weighted by molar-refractivity contribution is 5.90. The molecule has 2 aliphatic rings. The number of hydrogen-bond acceptors (Lipinski definition) is 10. The Hall–Kier alpha value is -4.10. The fraction of sp³-hybridized carbons (Fsp3) is 0.667. The molecule has 4 rings (SSSR count). The number of rotatable bonds is 19. The van der Waals surface area contributed by atoms with E-state index in [1.807, 2.05) is 77.9 Å². The molecule has 0 saturated carbocycles. The van der Waals surface area contributed by atoms with Crippen molar-refractivity contribution >= 4 is 28.6 Å². The summed E-state index contributed by atoms with van der Waals surface area (Å²) in [5.74, 6) is -1.06. The van der Waals surface area contributed by atoms with Gasteiger partial charge in [-0.05, 0) is 68.8 Å². The van der Waals surface area contributed by atoms with Crippen molar-refractivity contribution in [3.8, 4) is 0 Å². The van der Waals surface area contributed by atoms with E-state index < -0.39 is 30.2 Å². The Morgan fingerprint density at radius 3 is 2.38 bits per heavy atom. The zero-order valence-electron chi connectivity index (χ0n) is 34.9. The van der Waals surface area contributed by atoms with E-state index >= 15 is 0 Å². The van der Waals surface area contributed by atoms with Crippen molar-refractivity contribution in [1.82, 2.24) is 30.3 Å². The maximum Gasteiger partial charge on any atom is 0.275 e. The average Bonchev–Trinajstić information content (AvgIpc) is 3.80. The number of ether oxygens (including phenoxy) is 2. The van der Waals surface area contributed by atoms with Crippen molar-refractivity contribution in [1.29, 1.82) is 0 Å². The van der Waals surface area contributed by atoms with Gasteiger partial charge in [0.15, 0.2) is 0 Å². The van der Waals surface area contributed by atoms with Crippen LogP contribution in [0, 0.1) is 28.6 Å². The molecule has 1 unspecified atom stereocenters. The molecule has 1 aromatic carbocycles. The van der Waals surface area contributed by atoms with E-state index in [1.54, 1.807) is 25.3 Å². The van der Waals surface area contributed by atoms with Gasteiger partial charge in [0.05, 0.1) is 41.4 Å². The lowest BCUT2D eigenvalue weighted by Crippen LogP contribution is -2.59. The van der Waals surface area contributed by atoms with E-state index in [1.165, 1.54) is 0 Å². The predicted octanol–water partition coefficient (Wildman–Crippen LogP) is 5.33. The van der Waals surface area contributed by atoms with Gasteiger partial charge in [-0.2, -0.15) is 0 Å². The fourth-order valence-electron chi connectivity index (χ4n) is 8.71. The van der Waals surface area contributed by atoms with Gasteiger partial charge in [-0.3, -0.25) is 24.3 Å². The molecule has 0 aliphatic carbocycles. The second kappa shape index (κ2) is 19.7. The second-order valence-electron chi connectivity index (χ2n) is 16.3. The van der Waals surface area contributed by atoms with Gasteiger partial charge in [0.1, 0.15) is 12.1 Å². The molecule has 3 heterocycles. The standard InChI is InChI=1S/C42H65N7O6/c1-12-27(6)37(48(10)42(52)35(25(2)3)45-40(51)36(26(4)5)47(8)9)34-24-33(41(46-53)55-34)49-23-15-19-32(49)38(54-11)28(7)39(50)44-22-20-29-16-13-18-31-30(29)17-14-21-43-31/h13-14,16-18,21,25-28,32,34-38H,12,15,19-20,22-24H2,1-11H3,(H,44,50)(H,45,51)/t27-,28+,32-,34+,35-,36-,37?,38+/m0/s1. The second-order valence-corrected chi connectivity index (χ2v) is 16.3. The van der Waals surface area contributed by atoms with Gasteiger partial charge in [0, 0.05) is 50.4 Å². The molecular formula is C42H65N7O6. The number of amides is 3. The first-order valence-corrected chi connectivity index (χ1v) is 20.0. The van der Waals surface area contributed by atoms with E-state index in [0.29, 0.717) is 31.6 Å². The van der Waals surface area contributed by atoms with Crippen molar-refractivity contribution in [2.45, 2.75) is 117 Å². The third-order valence-corrected chi connectivity index (χ3v) is 11.7. The van der Waals surface area contributed by atoms with Gasteiger partial charge in [-0.15, -0.1) is 4.91 Å². The summed E-state index contributed by atoms with van der Waals surface area (Å²) in [4.78, 5) is 63.9. The molecule has 0 radical (unpaired) electrons. The average molecular weight is 764 g/mol. The molecule has 13 nitrogen and oxygen atoms in total. The summed E-state index contributed by atoms with van der Waals surface area (Å²) >= 11 is 0. The normalized spacial score (nSPS) is 20.7. The molecule has 1 saturated heterocycles. The van der Waals surface area contributed by atoms with Crippen LogP contribution in [0.4, 0.5) is 0 Å². The van der Waals surface area contributed by atoms with Crippen molar-refractivity contribution < 1.29 is 23.9 Å². The number of carbonyl (C=O) groups is 3. The van der Waals surface area contributed by atoms with Crippen LogP contribution in [0.15, 0.2) is 53.3 Å². The molecule has 8 atom stereocenters. The summed E-state index contributed by atoms with van der Waals surface area (Å²) in [5.41, 5.74) is 2.72. The Labute approximate surface area is 327 Å². The van der Waals surface area contributed by atoms with E-state index in [9.17, 15) is 19.3 Å². The van der Waals surface area contributed by atoms with E-state index in [4.69, 9.17) is 9.47 Å². The maximum atomic E-state index is 14.3. The number of likely N-dealkylation sites (N-methyl/N-ethyl adjacent to an activating group) is 2. The lowest BCUT2D eigenvalue weighted by molar-refractivity contribution is -0.143. The molecule has 304 valence electrons. The minimum atomic E-state index is -0.746. The quantitative estimate of drug-likeness (QED) is 0.181. The summed E-state index contributed by atoms with van der Waals surface area (Å²) in [6.07, 6.45) is 4.21. The number of pyridine rings is 1. The van der Waals surface area contributed by atoms with Crippen molar-refractivity contribution in [3.63, 3.8) is 0 Å². The number of nitroso groups, excluding NO2 is 1. The summed E-state index contributed by atoms with van der Waals surface area (Å²) in [5, 5.41) is 10.6. The third-order valence-electron chi connectivity index (χ3n) is 11.7. The molecule has 13 heteroatoms. The van der Waals surface area contributed by atoms with E-state index in [0.717, 1.165) is 35.7 Å². The van der Waals surface area contributed by atoms with Crippen LogP contribution in [0.5, 0.6) is 0 Å². The van der Waals surface area contributed by atoms with Crippen LogP contribution in [-0.2, 0) is 30.3 Å². The number of aromatic nitrogens is 1. The minimum Gasteiger partial charge on any atom is -0.468 e. The molecule has 55 heavy (non-hydrogen) atoms. The van der Waals surface area contributed by atoms with Crippen LogP contribution < -0.4 is 10.6 Å². The van der Waals surface area contributed by atoms with Crippen molar-refractivity contribution in [2.24, 2.45) is 28.8 Å². The Morgan fingerprint density at radius 2 is 1.76 bits per heavy atom. The summed E-state index contributed by atoms with van der Waals surface area (Å²) < 4.78 is 12.4. The number of nitrogens with one attached hydrogen (secondary N) is 2. The highest BCUT2D eigenvalue weighted by Gasteiger charge is 2.46. The lowest BCUT2D eigenvalue weighted by Gasteiger charge is -2.39. The molecule has 2 N–H and O–H groups in total. The lowest BCUT2D eigenvalue weighted by atomic mass is 9.89. The molecular weight excluding hydrogens is 699 g/mol. The zero-order valence-corrected chi connectivity index (χ0v) is 34.9. The van der Waals surface area contributed by atoms with E-state index in [2.05, 4.69) is 45.6 Å². The van der Waals surface area contributed by atoms with E-state index in [-0.39, 0.29) is 53.4 Å². The molecule has 1 fully saturated rings. The van der Waals surface area contributed by atoms with Crippen LogP contribution in [0.1, 0.15) is 79.7 Å². The zero-order chi connectivity index (χ0) is 40.6. The summed E-state index contributed by atoms with van der Waals surface area (Å²) in [6, 6.07) is 8.27. The molecule has 2 aliphatic heterocycles. The summed E-state index contributed by atoms with van der Waals surface area (Å²) in [6.45, 7) is 15.0.